The first kappa shape index (κ1) is 15.2. The van der Waals surface area contributed by atoms with E-state index in [4.69, 9.17) is 14.2 Å². The van der Waals surface area contributed by atoms with Crippen molar-refractivity contribution in [2.45, 2.75) is 19.1 Å². The van der Waals surface area contributed by atoms with E-state index in [1.54, 1.807) is 14.2 Å². The number of hydrogen-bond acceptors (Lipinski definition) is 4. The Balaban J connectivity index is 1.64. The van der Waals surface area contributed by atoms with Gasteiger partial charge in [0.05, 0.1) is 14.2 Å². The maximum absolute atomic E-state index is 12.3. The Morgan fingerprint density at radius 3 is 2.78 bits per heavy atom. The molecule has 5 nitrogen and oxygen atoms in total. The molecule has 0 radical (unpaired) electrons. The minimum Gasteiger partial charge on any atom is -0.497 e. The summed E-state index contributed by atoms with van der Waals surface area (Å²) in [6, 6.07) is 13.2. The summed E-state index contributed by atoms with van der Waals surface area (Å²) in [5, 5.41) is 2.90. The van der Waals surface area contributed by atoms with Gasteiger partial charge >= 0.3 is 0 Å². The second-order valence-corrected chi connectivity index (χ2v) is 5.31. The predicted molar refractivity (Wildman–Crippen MR) is 86.0 cm³/mol. The number of nitrogens with one attached hydrogen (secondary N) is 1. The van der Waals surface area contributed by atoms with E-state index < -0.39 is 6.10 Å². The second-order valence-electron chi connectivity index (χ2n) is 5.31. The van der Waals surface area contributed by atoms with E-state index in [2.05, 4.69) is 5.32 Å². The fourth-order valence-electron chi connectivity index (χ4n) is 2.64. The van der Waals surface area contributed by atoms with E-state index in [0.717, 1.165) is 22.6 Å². The number of methoxy groups -OCH3 is 2. The molecule has 1 aliphatic heterocycles. The van der Waals surface area contributed by atoms with Gasteiger partial charge in [0.25, 0.3) is 5.91 Å². The van der Waals surface area contributed by atoms with Crippen LogP contribution in [0.4, 0.5) is 0 Å². The summed E-state index contributed by atoms with van der Waals surface area (Å²) >= 11 is 0. The molecule has 1 N–H and O–H groups in total. The summed E-state index contributed by atoms with van der Waals surface area (Å²) in [5.74, 6) is 2.08. The quantitative estimate of drug-likeness (QED) is 0.920. The van der Waals surface area contributed by atoms with Crippen LogP contribution in [0, 0.1) is 0 Å². The predicted octanol–water partition coefficient (Wildman–Crippen LogP) is 2.32. The maximum atomic E-state index is 12.3. The van der Waals surface area contributed by atoms with Crippen molar-refractivity contribution in [2.24, 2.45) is 0 Å². The Bertz CT molecular complexity index is 689. The first-order chi connectivity index (χ1) is 11.2. The molecule has 5 heteroatoms. The fraction of sp³-hybridized carbons (Fsp3) is 0.278. The molecule has 0 spiro atoms. The number of fused-ring (bicyclic) bond motifs is 1. The Morgan fingerprint density at radius 1 is 1.22 bits per heavy atom. The molecular formula is C18H19NO4. The topological polar surface area (TPSA) is 56.8 Å². The fourth-order valence-corrected chi connectivity index (χ4v) is 2.64. The van der Waals surface area contributed by atoms with Gasteiger partial charge in [0.1, 0.15) is 17.2 Å². The van der Waals surface area contributed by atoms with Crippen LogP contribution in [0.25, 0.3) is 0 Å². The number of ether oxygens (including phenoxy) is 3. The van der Waals surface area contributed by atoms with Gasteiger partial charge in [-0.3, -0.25) is 4.79 Å². The molecule has 1 aliphatic rings. The number of hydrogen-bond donors (Lipinski definition) is 1. The number of para-hydroxylation sites is 1. The highest BCUT2D eigenvalue weighted by molar-refractivity contribution is 5.82. The van der Waals surface area contributed by atoms with Crippen LogP contribution in [0.15, 0.2) is 42.5 Å². The standard InChI is InChI=1S/C18H19NO4/c1-21-14-7-8-15(22-2)13(9-14)11-19-18(20)17-10-12-5-3-4-6-16(12)23-17/h3-9,17H,10-11H2,1-2H3,(H,19,20)/t17-/m0/s1. The van der Waals surface area contributed by atoms with Gasteiger partial charge in [-0.2, -0.15) is 0 Å². The van der Waals surface area contributed by atoms with Crippen LogP contribution in [0.5, 0.6) is 17.2 Å². The summed E-state index contributed by atoms with van der Waals surface area (Å²) in [4.78, 5) is 12.3. The van der Waals surface area contributed by atoms with Crippen molar-refractivity contribution in [2.75, 3.05) is 14.2 Å². The van der Waals surface area contributed by atoms with Crippen LogP contribution in [0.1, 0.15) is 11.1 Å². The Kier molecular flexibility index (Phi) is 4.37. The molecular weight excluding hydrogens is 294 g/mol. The Morgan fingerprint density at radius 2 is 2.04 bits per heavy atom. The van der Waals surface area contributed by atoms with Crippen LogP contribution in [0.2, 0.25) is 0 Å². The van der Waals surface area contributed by atoms with Crippen LogP contribution in [0.3, 0.4) is 0 Å². The molecule has 3 rings (SSSR count). The smallest absolute Gasteiger partial charge is 0.261 e. The van der Waals surface area contributed by atoms with Gasteiger partial charge in [0.2, 0.25) is 0 Å². The summed E-state index contributed by atoms with van der Waals surface area (Å²) in [7, 11) is 3.21. The molecule has 0 saturated heterocycles. The van der Waals surface area contributed by atoms with Crippen molar-refractivity contribution in [3.8, 4) is 17.2 Å². The molecule has 120 valence electrons. The van der Waals surface area contributed by atoms with Crippen molar-refractivity contribution in [1.29, 1.82) is 0 Å². The zero-order valence-corrected chi connectivity index (χ0v) is 13.2. The third-order valence-electron chi connectivity index (χ3n) is 3.88. The monoisotopic (exact) mass is 313 g/mol. The molecule has 1 atom stereocenters. The van der Waals surface area contributed by atoms with Gasteiger partial charge in [-0.1, -0.05) is 18.2 Å². The van der Waals surface area contributed by atoms with Crippen molar-refractivity contribution < 1.29 is 19.0 Å². The van der Waals surface area contributed by atoms with Gasteiger partial charge in [-0.15, -0.1) is 0 Å². The highest BCUT2D eigenvalue weighted by Gasteiger charge is 2.28. The van der Waals surface area contributed by atoms with Crippen LogP contribution in [-0.2, 0) is 17.8 Å². The lowest BCUT2D eigenvalue weighted by molar-refractivity contribution is -0.127. The molecule has 1 amide bonds. The van der Waals surface area contributed by atoms with E-state index in [1.807, 2.05) is 42.5 Å². The van der Waals surface area contributed by atoms with Crippen LogP contribution < -0.4 is 19.5 Å². The lowest BCUT2D eigenvalue weighted by Crippen LogP contribution is -2.37. The number of carbonyl (C=O) groups excluding carboxylic acids is 1. The minimum atomic E-state index is -0.482. The van der Waals surface area contributed by atoms with Crippen LogP contribution in [-0.4, -0.2) is 26.2 Å². The molecule has 2 aromatic carbocycles. The van der Waals surface area contributed by atoms with Crippen molar-refractivity contribution >= 4 is 5.91 Å². The number of amides is 1. The van der Waals surface area contributed by atoms with Gasteiger partial charge in [-0.05, 0) is 29.8 Å². The van der Waals surface area contributed by atoms with Crippen molar-refractivity contribution in [1.82, 2.24) is 5.32 Å². The van der Waals surface area contributed by atoms with Gasteiger partial charge in [0.15, 0.2) is 6.10 Å². The Hall–Kier alpha value is -2.69. The van der Waals surface area contributed by atoms with Crippen molar-refractivity contribution in [3.63, 3.8) is 0 Å². The molecule has 0 unspecified atom stereocenters. The molecule has 2 aromatic rings. The van der Waals surface area contributed by atoms with Crippen molar-refractivity contribution in [3.05, 3.63) is 53.6 Å². The summed E-state index contributed by atoms with van der Waals surface area (Å²) < 4.78 is 16.2. The number of benzene rings is 2. The first-order valence-corrected chi connectivity index (χ1v) is 7.44. The summed E-state index contributed by atoms with van der Waals surface area (Å²) in [5.41, 5.74) is 1.92. The van der Waals surface area contributed by atoms with E-state index >= 15 is 0 Å². The van der Waals surface area contributed by atoms with Crippen LogP contribution >= 0.6 is 0 Å². The molecule has 23 heavy (non-hydrogen) atoms. The molecule has 0 aliphatic carbocycles. The SMILES string of the molecule is COc1ccc(OC)c(CNC(=O)[C@@H]2Cc3ccccc3O2)c1. The molecule has 0 aromatic heterocycles. The molecule has 0 bridgehead atoms. The first-order valence-electron chi connectivity index (χ1n) is 7.44. The highest BCUT2D eigenvalue weighted by Crippen LogP contribution is 2.28. The summed E-state index contributed by atoms with van der Waals surface area (Å²) in [6.07, 6.45) is 0.112. The van der Waals surface area contributed by atoms with E-state index in [-0.39, 0.29) is 5.91 Å². The molecule has 0 saturated carbocycles. The maximum Gasteiger partial charge on any atom is 0.261 e. The third-order valence-corrected chi connectivity index (χ3v) is 3.88. The zero-order valence-electron chi connectivity index (χ0n) is 13.2. The van der Waals surface area contributed by atoms with E-state index in [0.29, 0.717) is 18.7 Å². The minimum absolute atomic E-state index is 0.133. The third kappa shape index (κ3) is 3.23. The zero-order chi connectivity index (χ0) is 16.2. The lowest BCUT2D eigenvalue weighted by atomic mass is 10.1. The Labute approximate surface area is 135 Å². The number of carbonyl (C=O) groups is 1. The normalized spacial score (nSPS) is 15.5. The largest absolute Gasteiger partial charge is 0.497 e. The molecule has 1 heterocycles. The van der Waals surface area contributed by atoms with E-state index in [1.165, 1.54) is 0 Å². The average molecular weight is 313 g/mol. The van der Waals surface area contributed by atoms with E-state index in [9.17, 15) is 4.79 Å². The highest BCUT2D eigenvalue weighted by atomic mass is 16.5. The summed E-state index contributed by atoms with van der Waals surface area (Å²) in [6.45, 7) is 0.357. The molecule has 0 fully saturated rings. The van der Waals surface area contributed by atoms with Gasteiger partial charge < -0.3 is 19.5 Å². The lowest BCUT2D eigenvalue weighted by Gasteiger charge is -2.14. The van der Waals surface area contributed by atoms with Gasteiger partial charge in [0, 0.05) is 18.5 Å². The van der Waals surface area contributed by atoms with Gasteiger partial charge in [-0.25, -0.2) is 0 Å². The second kappa shape index (κ2) is 6.60. The number of rotatable bonds is 5. The average Bonchev–Trinajstić information content (AvgIpc) is 3.03.